The second kappa shape index (κ2) is 5.85. The van der Waals surface area contributed by atoms with Crippen molar-refractivity contribution in [2.24, 2.45) is 5.92 Å². The van der Waals surface area contributed by atoms with E-state index in [9.17, 15) is 4.79 Å². The minimum atomic E-state index is -0.107. The first-order chi connectivity index (χ1) is 11.2. The number of allylic oxidation sites excluding steroid dienone is 2. The largest absolute Gasteiger partial charge is 0.328 e. The summed E-state index contributed by atoms with van der Waals surface area (Å²) in [6, 6.07) is 10.3. The number of hydrogen-bond acceptors (Lipinski definition) is 5. The number of carbonyl (C=O) groups excluding carboxylic acids is 1. The van der Waals surface area contributed by atoms with Gasteiger partial charge in [0.1, 0.15) is 5.78 Å². The van der Waals surface area contributed by atoms with E-state index in [0.717, 1.165) is 29.0 Å². The molecular formula is C17H18N4OS. The number of rotatable bonds is 3. The van der Waals surface area contributed by atoms with Crippen LogP contribution in [0.4, 0.5) is 5.95 Å². The van der Waals surface area contributed by atoms with Crippen molar-refractivity contribution in [3.05, 3.63) is 47.7 Å². The molecule has 0 bridgehead atoms. The van der Waals surface area contributed by atoms with Gasteiger partial charge in [-0.25, -0.2) is 4.68 Å². The third-order valence-corrected chi connectivity index (χ3v) is 5.29. The average Bonchev–Trinajstić information content (AvgIpc) is 2.97. The highest BCUT2D eigenvalue weighted by Crippen LogP contribution is 2.38. The number of hydrogen-bond donors (Lipinski definition) is 1. The van der Waals surface area contributed by atoms with Crippen molar-refractivity contribution in [3.63, 3.8) is 0 Å². The molecule has 0 radical (unpaired) electrons. The SMILES string of the molecule is C[C@@H]1[C@H]2C(=O)CCC=C2Nc2nc(SCc3ccccc3)nn21. The molecule has 1 aromatic heterocycles. The monoisotopic (exact) mass is 326 g/mol. The van der Waals surface area contributed by atoms with E-state index in [1.54, 1.807) is 11.8 Å². The molecule has 1 aliphatic heterocycles. The number of thioether (sulfide) groups is 1. The summed E-state index contributed by atoms with van der Waals surface area (Å²) >= 11 is 1.62. The van der Waals surface area contributed by atoms with Crippen molar-refractivity contribution in [2.45, 2.75) is 36.7 Å². The Morgan fingerprint density at radius 3 is 3.00 bits per heavy atom. The maximum Gasteiger partial charge on any atom is 0.226 e. The van der Waals surface area contributed by atoms with Gasteiger partial charge in [0, 0.05) is 17.9 Å². The summed E-state index contributed by atoms with van der Waals surface area (Å²) in [5, 5.41) is 8.64. The Morgan fingerprint density at radius 2 is 2.17 bits per heavy atom. The van der Waals surface area contributed by atoms with Crippen LogP contribution in [0.3, 0.4) is 0 Å². The molecule has 2 atom stereocenters. The van der Waals surface area contributed by atoms with Crippen molar-refractivity contribution in [1.82, 2.24) is 14.8 Å². The Kier molecular flexibility index (Phi) is 3.69. The summed E-state index contributed by atoms with van der Waals surface area (Å²) < 4.78 is 1.86. The lowest BCUT2D eigenvalue weighted by Gasteiger charge is -2.33. The third-order valence-electron chi connectivity index (χ3n) is 4.38. The van der Waals surface area contributed by atoms with Crippen molar-refractivity contribution in [3.8, 4) is 0 Å². The number of ketones is 1. The highest BCUT2D eigenvalue weighted by Gasteiger charge is 2.38. The predicted octanol–water partition coefficient (Wildman–Crippen LogP) is 3.42. The van der Waals surface area contributed by atoms with Crippen molar-refractivity contribution in [1.29, 1.82) is 0 Å². The number of carbonyl (C=O) groups is 1. The van der Waals surface area contributed by atoms with Crippen LogP contribution in [-0.4, -0.2) is 20.5 Å². The molecule has 0 saturated carbocycles. The fraction of sp³-hybridized carbons (Fsp3) is 0.353. The van der Waals surface area contributed by atoms with Gasteiger partial charge < -0.3 is 5.32 Å². The minimum Gasteiger partial charge on any atom is -0.328 e. The third kappa shape index (κ3) is 2.67. The van der Waals surface area contributed by atoms with E-state index in [1.165, 1.54) is 5.56 Å². The molecule has 2 heterocycles. The fourth-order valence-electron chi connectivity index (χ4n) is 3.21. The van der Waals surface area contributed by atoms with Gasteiger partial charge in [-0.2, -0.15) is 4.98 Å². The van der Waals surface area contributed by atoms with Gasteiger partial charge in [0.25, 0.3) is 0 Å². The molecule has 6 heteroatoms. The van der Waals surface area contributed by atoms with Gasteiger partial charge in [-0.3, -0.25) is 4.79 Å². The quantitative estimate of drug-likeness (QED) is 0.876. The van der Waals surface area contributed by atoms with Crippen molar-refractivity contribution in [2.75, 3.05) is 5.32 Å². The van der Waals surface area contributed by atoms with E-state index in [4.69, 9.17) is 0 Å². The maximum atomic E-state index is 12.2. The minimum absolute atomic E-state index is 0.0175. The summed E-state index contributed by atoms with van der Waals surface area (Å²) in [5.74, 6) is 1.77. The van der Waals surface area contributed by atoms with Gasteiger partial charge in [0.15, 0.2) is 0 Å². The maximum absolute atomic E-state index is 12.2. The molecular weight excluding hydrogens is 308 g/mol. The van der Waals surface area contributed by atoms with Crippen LogP contribution < -0.4 is 5.32 Å². The van der Waals surface area contributed by atoms with Crippen LogP contribution in [-0.2, 0) is 10.5 Å². The standard InChI is InChI=1S/C17H18N4OS/c1-11-15-13(8-5-9-14(15)22)18-16-19-17(20-21(11)16)23-10-12-6-3-2-4-7-12/h2-4,6-8,11,15H,5,9-10H2,1H3,(H,18,19,20)/t11-,15-/m1/s1. The van der Waals surface area contributed by atoms with Gasteiger partial charge in [-0.1, -0.05) is 48.2 Å². The number of nitrogens with zero attached hydrogens (tertiary/aromatic N) is 3. The van der Waals surface area contributed by atoms with E-state index in [-0.39, 0.29) is 12.0 Å². The molecule has 1 aliphatic carbocycles. The average molecular weight is 326 g/mol. The topological polar surface area (TPSA) is 59.8 Å². The zero-order valence-electron chi connectivity index (χ0n) is 12.9. The van der Waals surface area contributed by atoms with E-state index in [2.05, 4.69) is 33.6 Å². The number of anilines is 1. The van der Waals surface area contributed by atoms with E-state index >= 15 is 0 Å². The van der Waals surface area contributed by atoms with Crippen LogP contribution in [0.25, 0.3) is 0 Å². The molecule has 23 heavy (non-hydrogen) atoms. The normalized spacial score (nSPS) is 22.8. The van der Waals surface area contributed by atoms with Gasteiger partial charge in [-0.05, 0) is 18.9 Å². The number of fused-ring (bicyclic) bond motifs is 2. The second-order valence-corrected chi connectivity index (χ2v) is 6.89. The Morgan fingerprint density at radius 1 is 1.35 bits per heavy atom. The Balaban J connectivity index is 1.56. The van der Waals surface area contributed by atoms with Gasteiger partial charge in [-0.15, -0.1) is 5.10 Å². The molecule has 4 rings (SSSR count). The first-order valence-electron chi connectivity index (χ1n) is 7.85. The molecule has 5 nitrogen and oxygen atoms in total. The first-order valence-corrected chi connectivity index (χ1v) is 8.84. The second-order valence-electron chi connectivity index (χ2n) is 5.94. The molecule has 0 unspecified atom stereocenters. The number of nitrogens with one attached hydrogen (secondary N) is 1. The summed E-state index contributed by atoms with van der Waals surface area (Å²) in [6.07, 6.45) is 3.56. The van der Waals surface area contributed by atoms with Crippen LogP contribution in [0.15, 0.2) is 47.3 Å². The molecule has 0 amide bonds. The van der Waals surface area contributed by atoms with E-state index in [0.29, 0.717) is 12.2 Å². The van der Waals surface area contributed by atoms with Crippen LogP contribution in [0.2, 0.25) is 0 Å². The molecule has 118 valence electrons. The Bertz CT molecular complexity index is 768. The lowest BCUT2D eigenvalue weighted by molar-refractivity contribution is -0.123. The number of benzene rings is 1. The Labute approximate surface area is 139 Å². The lowest BCUT2D eigenvalue weighted by atomic mass is 9.84. The number of aromatic nitrogens is 3. The van der Waals surface area contributed by atoms with Gasteiger partial charge in [0.2, 0.25) is 11.1 Å². The summed E-state index contributed by atoms with van der Waals surface area (Å²) in [4.78, 5) is 16.8. The van der Waals surface area contributed by atoms with E-state index in [1.807, 2.05) is 29.8 Å². The van der Waals surface area contributed by atoms with Crippen LogP contribution >= 0.6 is 11.8 Å². The van der Waals surface area contributed by atoms with Gasteiger partial charge >= 0.3 is 0 Å². The summed E-state index contributed by atoms with van der Waals surface area (Å²) in [5.41, 5.74) is 2.24. The lowest BCUT2D eigenvalue weighted by Crippen LogP contribution is -2.36. The number of Topliss-reactive ketones (excluding diaryl/α,β-unsaturated/α-hetero) is 1. The van der Waals surface area contributed by atoms with Crippen molar-refractivity contribution >= 4 is 23.5 Å². The zero-order chi connectivity index (χ0) is 15.8. The molecule has 1 N–H and O–H groups in total. The van der Waals surface area contributed by atoms with Gasteiger partial charge in [0.05, 0.1) is 12.0 Å². The fourth-order valence-corrected chi connectivity index (χ4v) is 3.99. The smallest absolute Gasteiger partial charge is 0.226 e. The van der Waals surface area contributed by atoms with E-state index < -0.39 is 0 Å². The van der Waals surface area contributed by atoms with Crippen molar-refractivity contribution < 1.29 is 4.79 Å². The first kappa shape index (κ1) is 14.5. The predicted molar refractivity (Wildman–Crippen MR) is 90.2 cm³/mol. The molecule has 2 aliphatic rings. The highest BCUT2D eigenvalue weighted by molar-refractivity contribution is 7.98. The van der Waals surface area contributed by atoms with Crippen LogP contribution in [0.1, 0.15) is 31.4 Å². The molecule has 0 saturated heterocycles. The zero-order valence-corrected chi connectivity index (χ0v) is 13.7. The summed E-state index contributed by atoms with van der Waals surface area (Å²) in [6.45, 7) is 2.05. The van der Waals surface area contributed by atoms with Crippen LogP contribution in [0.5, 0.6) is 0 Å². The highest BCUT2D eigenvalue weighted by atomic mass is 32.2. The molecule has 2 aromatic rings. The molecule has 0 spiro atoms. The summed E-state index contributed by atoms with van der Waals surface area (Å²) in [7, 11) is 0. The molecule has 1 aromatic carbocycles. The van der Waals surface area contributed by atoms with Crippen LogP contribution in [0, 0.1) is 5.92 Å². The molecule has 0 fully saturated rings. The Hall–Kier alpha value is -2.08.